The summed E-state index contributed by atoms with van der Waals surface area (Å²) in [5, 5.41) is 34.6. The fourth-order valence-corrected chi connectivity index (χ4v) is 12.2. The number of rotatable bonds is 1. The molecule has 10 bridgehead atoms. The average molecular weight is 857 g/mol. The molecular weight excluding hydrogens is 789 g/mol. The number of Topliss-reactive ketones (excluding diaryl/α,β-unsaturated/α-hetero) is 1. The molecule has 7 saturated heterocycles. The number of fused-ring (bicyclic) bond motifs is 10. The van der Waals surface area contributed by atoms with Crippen LogP contribution >= 0.6 is 0 Å². The molecule has 9 rings (SSSR count). The Labute approximate surface area is 359 Å². The molecule has 9 aliphatic rings. The molecule has 0 saturated carbocycles. The number of esters is 1. The first-order chi connectivity index (χ1) is 28.7. The highest BCUT2D eigenvalue weighted by Crippen LogP contribution is 2.55. The number of ketones is 1. The van der Waals surface area contributed by atoms with E-state index < -0.39 is 94.9 Å². The molecule has 7 fully saturated rings. The van der Waals surface area contributed by atoms with E-state index in [4.69, 9.17) is 42.6 Å². The first-order valence-corrected chi connectivity index (χ1v) is 23.0. The van der Waals surface area contributed by atoms with Crippen LogP contribution in [-0.4, -0.2) is 123 Å². The Hall–Kier alpha value is -2.24. The van der Waals surface area contributed by atoms with E-state index in [0.29, 0.717) is 50.5 Å². The van der Waals surface area contributed by atoms with Gasteiger partial charge in [0.15, 0.2) is 23.1 Å². The topological polar surface area (TPSA) is 178 Å². The molecule has 1 unspecified atom stereocenters. The predicted octanol–water partition coefficient (Wildman–Crippen LogP) is 6.09. The van der Waals surface area contributed by atoms with Crippen molar-refractivity contribution in [2.75, 3.05) is 6.61 Å². The molecule has 9 aliphatic heterocycles. The van der Waals surface area contributed by atoms with Gasteiger partial charge < -0.3 is 58.0 Å². The van der Waals surface area contributed by atoms with Crippen LogP contribution in [0.25, 0.3) is 0 Å². The fourth-order valence-electron chi connectivity index (χ4n) is 12.2. The SMILES string of the molecule is CC1=C(O)[C@@](O)([C@@H]2C[C@H]3OC(=O)[C@H](C)[C@@H]4CCC[C@@]5(CC[C@H](O5)[C@H](O)[C@@]5(C)CC(=O)[C@H](O5)C5C[C@]6(C)CC[C@](O5)(O6)[C@H]5CC[C@](C)(C[C@@H](C)/C=C(C)/C=C/[C@H]3O2)O5)O4)OCC1. The zero-order chi connectivity index (χ0) is 43.3. The van der Waals surface area contributed by atoms with Crippen LogP contribution in [0.3, 0.4) is 0 Å². The quantitative estimate of drug-likeness (QED) is 0.258. The summed E-state index contributed by atoms with van der Waals surface area (Å²) < 4.78 is 58.9. The molecule has 0 aliphatic carbocycles. The van der Waals surface area contributed by atoms with E-state index in [-0.39, 0.29) is 43.0 Å². The zero-order valence-electron chi connectivity index (χ0n) is 37.0. The van der Waals surface area contributed by atoms with Gasteiger partial charge in [-0.3, -0.25) is 9.59 Å². The standard InChI is InChI=1S/C47H68O14/c1-26-10-11-32-34(22-37(54-32)47(52)39(49)28(3)14-20-53-47)55-41(51)29(4)31-9-8-15-45(56-31)17-12-33(57-45)40(50)44(7)24-30(48)38(60-44)35-25-43(6)18-19-46(58-35,61-43)36-13-16-42(5,59-36)23-27(2)21-26/h10-11,21,27,29,31-38,40,49-50,52H,8-9,12-20,22-25H2,1-7H3/b11-10+,26-21+/t27-,29+,31-,32+,33-,34+,35?,36+,37-,38-,40-,42+,43-,44+,45+,46-,47+/m0/s1. The molecule has 9 heterocycles. The van der Waals surface area contributed by atoms with Gasteiger partial charge in [0.25, 0.3) is 5.79 Å². The molecule has 340 valence electrons. The molecule has 0 amide bonds. The van der Waals surface area contributed by atoms with Gasteiger partial charge in [-0.15, -0.1) is 0 Å². The smallest absolute Gasteiger partial charge is 0.311 e. The molecule has 14 heteroatoms. The van der Waals surface area contributed by atoms with E-state index in [9.17, 15) is 24.9 Å². The molecule has 3 N–H and O–H groups in total. The highest BCUT2D eigenvalue weighted by Gasteiger charge is 2.65. The summed E-state index contributed by atoms with van der Waals surface area (Å²) in [5.41, 5.74) is -0.574. The second-order valence-corrected chi connectivity index (χ2v) is 20.9. The van der Waals surface area contributed by atoms with Crippen LogP contribution in [0.15, 0.2) is 35.1 Å². The molecule has 14 nitrogen and oxygen atoms in total. The van der Waals surface area contributed by atoms with Crippen LogP contribution in [0.4, 0.5) is 0 Å². The van der Waals surface area contributed by atoms with Crippen molar-refractivity contribution in [3.05, 3.63) is 35.1 Å². The summed E-state index contributed by atoms with van der Waals surface area (Å²) in [6.07, 6.45) is 7.17. The van der Waals surface area contributed by atoms with Crippen molar-refractivity contribution in [1.82, 2.24) is 0 Å². The van der Waals surface area contributed by atoms with Gasteiger partial charge in [0.2, 0.25) is 0 Å². The summed E-state index contributed by atoms with van der Waals surface area (Å²) >= 11 is 0. The third-order valence-electron chi connectivity index (χ3n) is 15.6. The summed E-state index contributed by atoms with van der Waals surface area (Å²) in [6.45, 7) is 13.9. The molecule has 0 aromatic rings. The molecule has 17 atom stereocenters. The van der Waals surface area contributed by atoms with Gasteiger partial charge >= 0.3 is 5.97 Å². The molecule has 0 aromatic heterocycles. The van der Waals surface area contributed by atoms with E-state index >= 15 is 0 Å². The Morgan fingerprint density at radius 3 is 2.39 bits per heavy atom. The van der Waals surface area contributed by atoms with Gasteiger partial charge in [0, 0.05) is 38.5 Å². The Bertz CT molecular complexity index is 1830. The third-order valence-corrected chi connectivity index (χ3v) is 15.6. The minimum atomic E-state index is -2.07. The number of hydrogen-bond donors (Lipinski definition) is 3. The van der Waals surface area contributed by atoms with E-state index in [2.05, 4.69) is 26.8 Å². The average Bonchev–Trinajstić information content (AvgIpc) is 4.02. The first kappa shape index (κ1) is 44.0. The fraction of sp³-hybridized carbons (Fsp3) is 0.830. The highest BCUT2D eigenvalue weighted by molar-refractivity contribution is 5.86. The second-order valence-electron chi connectivity index (χ2n) is 20.9. The van der Waals surface area contributed by atoms with E-state index in [1.165, 1.54) is 0 Å². The Morgan fingerprint density at radius 1 is 0.803 bits per heavy atom. The highest BCUT2D eigenvalue weighted by atomic mass is 16.8. The van der Waals surface area contributed by atoms with E-state index in [1.807, 2.05) is 19.1 Å². The summed E-state index contributed by atoms with van der Waals surface area (Å²) in [6, 6.07) is 0. The number of aliphatic hydroxyl groups is 3. The monoisotopic (exact) mass is 856 g/mol. The molecule has 2 spiro atoms. The van der Waals surface area contributed by atoms with Crippen molar-refractivity contribution < 1.29 is 67.5 Å². The number of carbonyl (C=O) groups excluding carboxylic acids is 2. The lowest BCUT2D eigenvalue weighted by Crippen LogP contribution is -2.57. The third kappa shape index (κ3) is 8.01. The maximum atomic E-state index is 14.0. The van der Waals surface area contributed by atoms with Crippen molar-refractivity contribution in [3.63, 3.8) is 0 Å². The predicted molar refractivity (Wildman–Crippen MR) is 218 cm³/mol. The molecule has 0 aromatic carbocycles. The maximum absolute atomic E-state index is 14.0. The number of ether oxygens (including phenoxy) is 9. The minimum absolute atomic E-state index is 0.0198. The van der Waals surface area contributed by atoms with Crippen LogP contribution in [0.2, 0.25) is 0 Å². The van der Waals surface area contributed by atoms with Gasteiger partial charge in [-0.2, -0.15) is 0 Å². The Kier molecular flexibility index (Phi) is 11.3. The van der Waals surface area contributed by atoms with Crippen molar-refractivity contribution in [2.45, 2.75) is 227 Å². The summed E-state index contributed by atoms with van der Waals surface area (Å²) in [4.78, 5) is 28.0. The summed E-state index contributed by atoms with van der Waals surface area (Å²) in [7, 11) is 0. The molecule has 61 heavy (non-hydrogen) atoms. The van der Waals surface area contributed by atoms with Crippen LogP contribution < -0.4 is 0 Å². The van der Waals surface area contributed by atoms with Crippen molar-refractivity contribution in [3.8, 4) is 0 Å². The second kappa shape index (κ2) is 15.7. The number of aliphatic hydroxyl groups excluding tert-OH is 2. The lowest BCUT2D eigenvalue weighted by Gasteiger charge is -2.47. The van der Waals surface area contributed by atoms with Gasteiger partial charge in [-0.25, -0.2) is 0 Å². The van der Waals surface area contributed by atoms with Crippen molar-refractivity contribution >= 4 is 11.8 Å². The van der Waals surface area contributed by atoms with Crippen LogP contribution in [0, 0.1) is 11.8 Å². The Morgan fingerprint density at radius 2 is 1.59 bits per heavy atom. The van der Waals surface area contributed by atoms with Crippen LogP contribution in [0.5, 0.6) is 0 Å². The van der Waals surface area contributed by atoms with Gasteiger partial charge in [-0.1, -0.05) is 30.7 Å². The van der Waals surface area contributed by atoms with E-state index in [1.54, 1.807) is 20.8 Å². The lowest BCUT2D eigenvalue weighted by atomic mass is 9.88. The van der Waals surface area contributed by atoms with E-state index in [0.717, 1.165) is 37.7 Å². The summed E-state index contributed by atoms with van der Waals surface area (Å²) in [5.74, 6) is -5.49. The molecule has 0 radical (unpaired) electrons. The minimum Gasteiger partial charge on any atom is -0.507 e. The number of carbonyl (C=O) groups is 2. The number of hydrogen-bond acceptors (Lipinski definition) is 14. The van der Waals surface area contributed by atoms with Gasteiger partial charge in [-0.05, 0) is 104 Å². The van der Waals surface area contributed by atoms with Gasteiger partial charge in [0.05, 0.1) is 42.0 Å². The molecular formula is C47H68O14. The first-order valence-electron chi connectivity index (χ1n) is 23.0. The van der Waals surface area contributed by atoms with Crippen molar-refractivity contribution in [1.29, 1.82) is 0 Å². The normalized spacial score (nSPS) is 53.3. The van der Waals surface area contributed by atoms with Crippen molar-refractivity contribution in [2.24, 2.45) is 11.8 Å². The van der Waals surface area contributed by atoms with Crippen LogP contribution in [0.1, 0.15) is 138 Å². The maximum Gasteiger partial charge on any atom is 0.311 e. The largest absolute Gasteiger partial charge is 0.507 e. The van der Waals surface area contributed by atoms with Crippen LogP contribution in [-0.2, 0) is 52.2 Å². The van der Waals surface area contributed by atoms with Gasteiger partial charge in [0.1, 0.15) is 42.2 Å². The zero-order valence-corrected chi connectivity index (χ0v) is 37.0. The lowest BCUT2D eigenvalue weighted by molar-refractivity contribution is -0.359. The Balaban J connectivity index is 1.01. The number of allylic oxidation sites excluding steroid dienone is 3.